The quantitative estimate of drug-likeness (QED) is 0.648. The van der Waals surface area contributed by atoms with Crippen LogP contribution in [0.1, 0.15) is 16.3 Å². The van der Waals surface area contributed by atoms with Crippen LogP contribution in [-0.2, 0) is 17.8 Å². The summed E-state index contributed by atoms with van der Waals surface area (Å²) in [5, 5.41) is 16.0. The molecule has 1 heterocycles. The number of aryl methyl sites for hydroxylation is 1. The maximum atomic E-state index is 11.9. The van der Waals surface area contributed by atoms with E-state index in [9.17, 15) is 14.9 Å². The number of amides is 1. The maximum absolute atomic E-state index is 11.9. The molecular formula is C13H14N4O3S. The van der Waals surface area contributed by atoms with E-state index in [1.54, 1.807) is 18.4 Å². The lowest BCUT2D eigenvalue weighted by Crippen LogP contribution is -2.15. The Hall–Kier alpha value is -2.32. The molecule has 0 saturated heterocycles. The average molecular weight is 306 g/mol. The minimum atomic E-state index is -0.516. The molecule has 0 spiro atoms. The number of nitro groups is 1. The topological polar surface area (TPSA) is 111 Å². The molecule has 1 amide bonds. The van der Waals surface area contributed by atoms with Crippen LogP contribution in [0.15, 0.2) is 23.6 Å². The Morgan fingerprint density at radius 1 is 1.52 bits per heavy atom. The molecule has 0 fully saturated rings. The molecule has 8 heteroatoms. The summed E-state index contributed by atoms with van der Waals surface area (Å²) in [4.78, 5) is 26.6. The third-order valence-electron chi connectivity index (χ3n) is 2.74. The molecule has 1 aromatic carbocycles. The zero-order valence-electron chi connectivity index (χ0n) is 11.3. The smallest absolute Gasteiger partial charge is 0.293 e. The van der Waals surface area contributed by atoms with Gasteiger partial charge in [-0.3, -0.25) is 14.9 Å². The summed E-state index contributed by atoms with van der Waals surface area (Å²) in [7, 11) is 0. The van der Waals surface area contributed by atoms with Crippen molar-refractivity contribution in [2.24, 2.45) is 5.73 Å². The molecule has 0 radical (unpaired) electrons. The molecule has 0 unspecified atom stereocenters. The normalized spacial score (nSPS) is 10.4. The van der Waals surface area contributed by atoms with E-state index in [0.29, 0.717) is 12.2 Å². The van der Waals surface area contributed by atoms with Gasteiger partial charge in [-0.1, -0.05) is 6.07 Å². The molecule has 3 N–H and O–H groups in total. The largest absolute Gasteiger partial charge is 0.325 e. The van der Waals surface area contributed by atoms with Gasteiger partial charge >= 0.3 is 0 Å². The minimum absolute atomic E-state index is 0.0571. The number of rotatable bonds is 5. The zero-order valence-corrected chi connectivity index (χ0v) is 12.1. The van der Waals surface area contributed by atoms with Crippen LogP contribution >= 0.6 is 11.3 Å². The van der Waals surface area contributed by atoms with Crippen LogP contribution in [0.3, 0.4) is 0 Å². The van der Waals surface area contributed by atoms with E-state index in [1.165, 1.54) is 23.5 Å². The van der Waals surface area contributed by atoms with Crippen molar-refractivity contribution in [3.63, 3.8) is 0 Å². The first-order valence-corrected chi connectivity index (χ1v) is 7.06. The van der Waals surface area contributed by atoms with Gasteiger partial charge in [-0.25, -0.2) is 4.98 Å². The zero-order chi connectivity index (χ0) is 15.4. The molecule has 0 aliphatic carbocycles. The molecule has 0 aliphatic rings. The van der Waals surface area contributed by atoms with Crippen LogP contribution in [0.2, 0.25) is 0 Å². The second kappa shape index (κ2) is 6.42. The number of carbonyl (C=O) groups is 1. The number of nitrogens with one attached hydrogen (secondary N) is 1. The van der Waals surface area contributed by atoms with E-state index in [4.69, 9.17) is 5.73 Å². The van der Waals surface area contributed by atoms with Gasteiger partial charge in [-0.05, 0) is 18.6 Å². The Morgan fingerprint density at radius 3 is 2.90 bits per heavy atom. The summed E-state index contributed by atoms with van der Waals surface area (Å²) >= 11 is 1.38. The SMILES string of the molecule is Cc1ccc(NC(=O)Cc2csc(CN)n2)c([N+](=O)[O-])c1. The van der Waals surface area contributed by atoms with Crippen LogP contribution in [-0.4, -0.2) is 15.8 Å². The van der Waals surface area contributed by atoms with Gasteiger partial charge in [0.15, 0.2) is 0 Å². The molecule has 1 aromatic heterocycles. The van der Waals surface area contributed by atoms with Gasteiger partial charge in [0.2, 0.25) is 5.91 Å². The van der Waals surface area contributed by atoms with Crippen molar-refractivity contribution in [1.82, 2.24) is 4.98 Å². The van der Waals surface area contributed by atoms with Gasteiger partial charge in [0.05, 0.1) is 17.0 Å². The van der Waals surface area contributed by atoms with Crippen molar-refractivity contribution >= 4 is 28.6 Å². The Bertz CT molecular complexity index is 684. The fourth-order valence-corrected chi connectivity index (χ4v) is 2.46. The highest BCUT2D eigenvalue weighted by Gasteiger charge is 2.16. The van der Waals surface area contributed by atoms with Gasteiger partial charge in [-0.2, -0.15) is 0 Å². The van der Waals surface area contributed by atoms with E-state index in [0.717, 1.165) is 10.6 Å². The number of hydrogen-bond acceptors (Lipinski definition) is 6. The fourth-order valence-electron chi connectivity index (χ4n) is 1.78. The number of nitro benzene ring substituents is 1. The average Bonchev–Trinajstić information content (AvgIpc) is 2.88. The summed E-state index contributed by atoms with van der Waals surface area (Å²) in [5.41, 5.74) is 6.88. The lowest BCUT2D eigenvalue weighted by atomic mass is 10.2. The van der Waals surface area contributed by atoms with Crippen LogP contribution in [0.4, 0.5) is 11.4 Å². The molecule has 0 atom stereocenters. The first kappa shape index (κ1) is 15.1. The maximum Gasteiger partial charge on any atom is 0.293 e. The van der Waals surface area contributed by atoms with Gasteiger partial charge in [0.25, 0.3) is 5.69 Å². The third kappa shape index (κ3) is 3.83. The van der Waals surface area contributed by atoms with Crippen molar-refractivity contribution in [1.29, 1.82) is 0 Å². The van der Waals surface area contributed by atoms with Crippen LogP contribution < -0.4 is 11.1 Å². The minimum Gasteiger partial charge on any atom is -0.325 e. The lowest BCUT2D eigenvalue weighted by molar-refractivity contribution is -0.384. The molecule has 21 heavy (non-hydrogen) atoms. The van der Waals surface area contributed by atoms with Gasteiger partial charge in [0, 0.05) is 18.0 Å². The number of benzene rings is 1. The molecular weight excluding hydrogens is 292 g/mol. The van der Waals surface area contributed by atoms with E-state index >= 15 is 0 Å². The van der Waals surface area contributed by atoms with E-state index in [-0.39, 0.29) is 23.7 Å². The Kier molecular flexibility index (Phi) is 4.61. The van der Waals surface area contributed by atoms with Crippen molar-refractivity contribution in [3.8, 4) is 0 Å². The van der Waals surface area contributed by atoms with E-state index in [2.05, 4.69) is 10.3 Å². The van der Waals surface area contributed by atoms with Crippen molar-refractivity contribution in [2.75, 3.05) is 5.32 Å². The summed E-state index contributed by atoms with van der Waals surface area (Å²) in [6.07, 6.45) is 0.0571. The molecule has 2 rings (SSSR count). The van der Waals surface area contributed by atoms with Crippen LogP contribution in [0, 0.1) is 17.0 Å². The number of hydrogen-bond donors (Lipinski definition) is 2. The number of anilines is 1. The number of nitrogens with zero attached hydrogens (tertiary/aromatic N) is 2. The summed E-state index contributed by atoms with van der Waals surface area (Å²) in [6, 6.07) is 4.65. The molecule has 110 valence electrons. The molecule has 0 saturated carbocycles. The first-order valence-electron chi connectivity index (χ1n) is 6.18. The first-order chi connectivity index (χ1) is 9.99. The molecule has 0 aliphatic heterocycles. The number of thiazole rings is 1. The number of carbonyl (C=O) groups excluding carboxylic acids is 1. The summed E-state index contributed by atoms with van der Waals surface area (Å²) in [6.45, 7) is 2.08. The summed E-state index contributed by atoms with van der Waals surface area (Å²) < 4.78 is 0. The second-order valence-corrected chi connectivity index (χ2v) is 5.38. The van der Waals surface area contributed by atoms with E-state index < -0.39 is 4.92 Å². The highest BCUT2D eigenvalue weighted by Crippen LogP contribution is 2.25. The van der Waals surface area contributed by atoms with Crippen molar-refractivity contribution in [3.05, 3.63) is 50.0 Å². The van der Waals surface area contributed by atoms with Crippen LogP contribution in [0.5, 0.6) is 0 Å². The van der Waals surface area contributed by atoms with Gasteiger partial charge in [-0.15, -0.1) is 11.3 Å². The fraction of sp³-hybridized carbons (Fsp3) is 0.231. The molecule has 0 bridgehead atoms. The van der Waals surface area contributed by atoms with E-state index in [1.807, 2.05) is 0 Å². The van der Waals surface area contributed by atoms with Crippen molar-refractivity contribution < 1.29 is 9.72 Å². The molecule has 2 aromatic rings. The molecule has 7 nitrogen and oxygen atoms in total. The Balaban J connectivity index is 2.10. The monoisotopic (exact) mass is 306 g/mol. The lowest BCUT2D eigenvalue weighted by Gasteiger charge is -2.05. The standard InChI is InChI=1S/C13H14N4O3S/c1-8-2-3-10(11(4-8)17(19)20)16-12(18)5-9-7-21-13(6-14)15-9/h2-4,7H,5-6,14H2,1H3,(H,16,18). The second-order valence-electron chi connectivity index (χ2n) is 4.44. The Labute approximate surface area is 125 Å². The number of nitrogens with two attached hydrogens (primary N) is 1. The predicted octanol–water partition coefficient (Wildman–Crippen LogP) is 2.00. The van der Waals surface area contributed by atoms with Crippen LogP contribution in [0.25, 0.3) is 0 Å². The Morgan fingerprint density at radius 2 is 2.29 bits per heavy atom. The highest BCUT2D eigenvalue weighted by atomic mass is 32.1. The highest BCUT2D eigenvalue weighted by molar-refractivity contribution is 7.09. The van der Waals surface area contributed by atoms with Gasteiger partial charge < -0.3 is 11.1 Å². The van der Waals surface area contributed by atoms with Crippen molar-refractivity contribution in [2.45, 2.75) is 19.9 Å². The third-order valence-corrected chi connectivity index (χ3v) is 3.66. The number of aromatic nitrogens is 1. The predicted molar refractivity (Wildman–Crippen MR) is 80.2 cm³/mol. The summed E-state index contributed by atoms with van der Waals surface area (Å²) in [5.74, 6) is -0.351. The van der Waals surface area contributed by atoms with Gasteiger partial charge in [0.1, 0.15) is 10.7 Å².